The number of anilines is 1. The van der Waals surface area contributed by atoms with Crippen LogP contribution < -0.4 is 11.1 Å². The normalized spacial score (nSPS) is 18.8. The summed E-state index contributed by atoms with van der Waals surface area (Å²) < 4.78 is 11.3. The molecule has 1 fully saturated rings. The third-order valence-electron chi connectivity index (χ3n) is 3.61. The number of nitrogens with one attached hydrogen (secondary N) is 1. The van der Waals surface area contributed by atoms with Crippen molar-refractivity contribution in [2.75, 3.05) is 11.6 Å². The van der Waals surface area contributed by atoms with Crippen LogP contribution in [0.15, 0.2) is 18.2 Å². The Hall–Kier alpha value is -0.910. The molecular formula is C14H19ClN2O2S. The van der Waals surface area contributed by atoms with Gasteiger partial charge in [-0.1, -0.05) is 24.4 Å². The summed E-state index contributed by atoms with van der Waals surface area (Å²) in [6, 6.07) is 5.21. The molecule has 0 bridgehead atoms. The molecular weight excluding hydrogens is 296 g/mol. The van der Waals surface area contributed by atoms with Crippen LogP contribution in [-0.2, 0) is 21.3 Å². The molecule has 0 radical (unpaired) electrons. The summed E-state index contributed by atoms with van der Waals surface area (Å²) in [5.74, 6) is 0.219. The van der Waals surface area contributed by atoms with Gasteiger partial charge in [-0.25, -0.2) is 0 Å². The van der Waals surface area contributed by atoms with Crippen molar-refractivity contribution in [3.63, 3.8) is 0 Å². The molecule has 1 aliphatic rings. The van der Waals surface area contributed by atoms with Crippen LogP contribution in [0.3, 0.4) is 0 Å². The number of rotatable bonds is 4. The number of carbonyl (C=O) groups excluding carboxylic acids is 1. The number of hydrogen-bond donors (Lipinski definition) is 2. The van der Waals surface area contributed by atoms with E-state index in [1.165, 1.54) is 0 Å². The van der Waals surface area contributed by atoms with E-state index in [1.54, 1.807) is 24.5 Å². The summed E-state index contributed by atoms with van der Waals surface area (Å²) >= 11 is 6.06. The summed E-state index contributed by atoms with van der Waals surface area (Å²) in [7, 11) is -0.980. The largest absolute Gasteiger partial charge is 0.324 e. The molecule has 0 spiro atoms. The number of carbonyl (C=O) groups is 1. The highest BCUT2D eigenvalue weighted by molar-refractivity contribution is 7.83. The zero-order valence-corrected chi connectivity index (χ0v) is 13.0. The summed E-state index contributed by atoms with van der Waals surface area (Å²) in [5.41, 5.74) is 6.77. The first-order chi connectivity index (χ1) is 9.40. The summed E-state index contributed by atoms with van der Waals surface area (Å²) in [5, 5.41) is 3.40. The Bertz CT molecular complexity index is 542. The zero-order chi connectivity index (χ0) is 14.8. The molecule has 1 atom stereocenters. The molecule has 6 heteroatoms. The highest BCUT2D eigenvalue weighted by Gasteiger charge is 2.36. The van der Waals surface area contributed by atoms with E-state index in [1.807, 2.05) is 0 Å². The fourth-order valence-corrected chi connectivity index (χ4v) is 3.41. The van der Waals surface area contributed by atoms with Crippen molar-refractivity contribution < 1.29 is 9.00 Å². The van der Waals surface area contributed by atoms with E-state index in [9.17, 15) is 9.00 Å². The molecule has 2 rings (SSSR count). The molecule has 0 aromatic heterocycles. The molecule has 1 aliphatic carbocycles. The van der Waals surface area contributed by atoms with Crippen molar-refractivity contribution in [2.24, 2.45) is 5.73 Å². The standard InChI is InChI=1S/C14H19ClN2O2S/c1-20(19)9-10-8-11(4-5-12(10)15)17-13(18)14(16)6-2-3-7-14/h4-5,8H,2-3,6-7,9,16H2,1H3,(H,17,18). The van der Waals surface area contributed by atoms with Gasteiger partial charge in [0.1, 0.15) is 0 Å². The fraction of sp³-hybridized carbons (Fsp3) is 0.500. The van der Waals surface area contributed by atoms with Crippen molar-refractivity contribution in [3.05, 3.63) is 28.8 Å². The minimum Gasteiger partial charge on any atom is -0.324 e. The lowest BCUT2D eigenvalue weighted by molar-refractivity contribution is -0.121. The Morgan fingerprint density at radius 3 is 2.70 bits per heavy atom. The lowest BCUT2D eigenvalue weighted by atomic mass is 9.98. The molecule has 0 saturated heterocycles. The van der Waals surface area contributed by atoms with Crippen molar-refractivity contribution in [1.82, 2.24) is 0 Å². The molecule has 4 nitrogen and oxygen atoms in total. The third kappa shape index (κ3) is 3.59. The number of halogens is 1. The molecule has 1 aromatic carbocycles. The van der Waals surface area contributed by atoms with Gasteiger partial charge in [-0.05, 0) is 36.6 Å². The highest BCUT2D eigenvalue weighted by Crippen LogP contribution is 2.29. The summed E-state index contributed by atoms with van der Waals surface area (Å²) in [6.07, 6.45) is 5.04. The molecule has 0 heterocycles. The number of hydrogen-bond acceptors (Lipinski definition) is 3. The minimum atomic E-state index is -0.980. The zero-order valence-electron chi connectivity index (χ0n) is 11.4. The van der Waals surface area contributed by atoms with Gasteiger partial charge >= 0.3 is 0 Å². The van der Waals surface area contributed by atoms with Crippen molar-refractivity contribution in [2.45, 2.75) is 37.0 Å². The van der Waals surface area contributed by atoms with Crippen LogP contribution in [0.2, 0.25) is 5.02 Å². The monoisotopic (exact) mass is 314 g/mol. The van der Waals surface area contributed by atoms with Crippen LogP contribution in [0.25, 0.3) is 0 Å². The topological polar surface area (TPSA) is 72.2 Å². The second-order valence-electron chi connectivity index (χ2n) is 5.34. The quantitative estimate of drug-likeness (QED) is 0.896. The molecule has 1 amide bonds. The second kappa shape index (κ2) is 6.24. The minimum absolute atomic E-state index is 0.152. The molecule has 1 unspecified atom stereocenters. The Labute approximate surface area is 126 Å². The second-order valence-corrected chi connectivity index (χ2v) is 7.18. The fourth-order valence-electron chi connectivity index (χ4n) is 2.47. The molecule has 1 aromatic rings. The van der Waals surface area contributed by atoms with Gasteiger partial charge in [-0.15, -0.1) is 0 Å². The maximum atomic E-state index is 12.2. The van der Waals surface area contributed by atoms with Crippen LogP contribution in [0.5, 0.6) is 0 Å². The lowest BCUT2D eigenvalue weighted by Gasteiger charge is -2.22. The Kier molecular flexibility index (Phi) is 4.83. The van der Waals surface area contributed by atoms with Gasteiger partial charge in [-0.3, -0.25) is 9.00 Å². The SMILES string of the molecule is CS(=O)Cc1cc(NC(=O)C2(N)CCCC2)ccc1Cl. The third-order valence-corrected chi connectivity index (χ3v) is 4.70. The average Bonchev–Trinajstić information content (AvgIpc) is 2.81. The van der Waals surface area contributed by atoms with Crippen LogP contribution >= 0.6 is 11.6 Å². The molecule has 110 valence electrons. The van der Waals surface area contributed by atoms with E-state index < -0.39 is 16.3 Å². The first-order valence-electron chi connectivity index (χ1n) is 6.59. The summed E-state index contributed by atoms with van der Waals surface area (Å²) in [6.45, 7) is 0. The average molecular weight is 315 g/mol. The van der Waals surface area contributed by atoms with Gasteiger partial charge in [0.25, 0.3) is 0 Å². The van der Waals surface area contributed by atoms with E-state index in [0.717, 1.165) is 31.2 Å². The van der Waals surface area contributed by atoms with Crippen LogP contribution in [0.1, 0.15) is 31.2 Å². The van der Waals surface area contributed by atoms with Gasteiger partial charge in [0.05, 0.1) is 5.54 Å². The van der Waals surface area contributed by atoms with Crippen LogP contribution in [0.4, 0.5) is 5.69 Å². The molecule has 20 heavy (non-hydrogen) atoms. The van der Waals surface area contributed by atoms with Crippen LogP contribution in [-0.4, -0.2) is 21.9 Å². The Morgan fingerprint density at radius 2 is 2.10 bits per heavy atom. The van der Waals surface area contributed by atoms with E-state index >= 15 is 0 Å². The Morgan fingerprint density at radius 1 is 1.45 bits per heavy atom. The first-order valence-corrected chi connectivity index (χ1v) is 8.70. The van der Waals surface area contributed by atoms with Crippen molar-refractivity contribution >= 4 is 34.0 Å². The van der Waals surface area contributed by atoms with E-state index in [-0.39, 0.29) is 5.91 Å². The van der Waals surface area contributed by atoms with Gasteiger partial charge in [0.2, 0.25) is 5.91 Å². The highest BCUT2D eigenvalue weighted by atomic mass is 35.5. The van der Waals surface area contributed by atoms with Crippen molar-refractivity contribution in [1.29, 1.82) is 0 Å². The predicted molar refractivity (Wildman–Crippen MR) is 83.2 cm³/mol. The number of benzene rings is 1. The van der Waals surface area contributed by atoms with Gasteiger partial charge in [0, 0.05) is 33.5 Å². The number of nitrogens with two attached hydrogens (primary N) is 1. The smallest absolute Gasteiger partial charge is 0.244 e. The van der Waals surface area contributed by atoms with E-state index in [2.05, 4.69) is 5.32 Å². The van der Waals surface area contributed by atoms with E-state index in [4.69, 9.17) is 17.3 Å². The van der Waals surface area contributed by atoms with E-state index in [0.29, 0.717) is 16.5 Å². The lowest BCUT2D eigenvalue weighted by Crippen LogP contribution is -2.48. The molecule has 3 N–H and O–H groups in total. The number of amides is 1. The maximum absolute atomic E-state index is 12.2. The Balaban J connectivity index is 2.13. The van der Waals surface area contributed by atoms with Crippen molar-refractivity contribution in [3.8, 4) is 0 Å². The van der Waals surface area contributed by atoms with Gasteiger partial charge < -0.3 is 11.1 Å². The molecule has 0 aliphatic heterocycles. The summed E-state index contributed by atoms with van der Waals surface area (Å²) in [4.78, 5) is 12.2. The van der Waals surface area contributed by atoms with Gasteiger partial charge in [0.15, 0.2) is 0 Å². The van der Waals surface area contributed by atoms with Crippen LogP contribution in [0, 0.1) is 0 Å². The van der Waals surface area contributed by atoms with Gasteiger partial charge in [-0.2, -0.15) is 0 Å². The maximum Gasteiger partial charge on any atom is 0.244 e. The molecule has 1 saturated carbocycles. The first kappa shape index (κ1) is 15.5. The predicted octanol–water partition coefficient (Wildman–Crippen LogP) is 2.43.